The summed E-state index contributed by atoms with van der Waals surface area (Å²) in [7, 11) is 1.56. The molecule has 1 heterocycles. The maximum atomic E-state index is 12.8. The first-order valence-corrected chi connectivity index (χ1v) is 7.37. The molecule has 0 aliphatic carbocycles. The summed E-state index contributed by atoms with van der Waals surface area (Å²) in [5.41, 5.74) is 0.775. The van der Waals surface area contributed by atoms with E-state index in [4.69, 9.17) is 9.47 Å². The number of hydrogen-bond acceptors (Lipinski definition) is 2. The first kappa shape index (κ1) is 15.2. The van der Waals surface area contributed by atoms with Gasteiger partial charge in [-0.3, -0.25) is 0 Å². The Morgan fingerprint density at radius 1 is 1.18 bits per heavy atom. The van der Waals surface area contributed by atoms with Crippen molar-refractivity contribution in [3.05, 3.63) is 57.6 Å². The van der Waals surface area contributed by atoms with E-state index in [0.29, 0.717) is 23.5 Å². The quantitative estimate of drug-likeness (QED) is 0.725. The van der Waals surface area contributed by atoms with Gasteiger partial charge in [-0.25, -0.2) is 0 Å². The van der Waals surface area contributed by atoms with E-state index in [0.717, 1.165) is 22.2 Å². The van der Waals surface area contributed by atoms with Crippen LogP contribution in [0.25, 0.3) is 0 Å². The number of alkyl halides is 3. The molecular formula is C16H12BrF3O2. The highest BCUT2D eigenvalue weighted by molar-refractivity contribution is 9.10. The molecule has 1 aliphatic heterocycles. The maximum Gasteiger partial charge on any atom is 0.416 e. The highest BCUT2D eigenvalue weighted by Crippen LogP contribution is 2.41. The molecule has 2 aromatic rings. The van der Waals surface area contributed by atoms with E-state index in [9.17, 15) is 13.2 Å². The summed E-state index contributed by atoms with van der Waals surface area (Å²) in [6.45, 7) is 0. The molecule has 116 valence electrons. The van der Waals surface area contributed by atoms with Crippen LogP contribution in [0.5, 0.6) is 11.5 Å². The molecule has 3 rings (SSSR count). The van der Waals surface area contributed by atoms with Crippen molar-refractivity contribution in [3.8, 4) is 11.5 Å². The Hall–Kier alpha value is -1.69. The van der Waals surface area contributed by atoms with Crippen molar-refractivity contribution in [1.29, 1.82) is 0 Å². The number of ether oxygens (including phenoxy) is 2. The average Bonchev–Trinajstić information content (AvgIpc) is 2.88. The standard InChI is InChI=1S/C16H12BrF3O2/c1-21-13-6-10(5-12(17)8-13)15-7-9-4-11(16(18,19)20)2-3-14(9)22-15/h2-6,8,15H,7H2,1H3. The molecule has 22 heavy (non-hydrogen) atoms. The second-order valence-corrected chi connectivity index (χ2v) is 5.97. The third kappa shape index (κ3) is 2.92. The number of rotatable bonds is 2. The molecule has 2 aromatic carbocycles. The fourth-order valence-corrected chi connectivity index (χ4v) is 2.99. The van der Waals surface area contributed by atoms with Crippen LogP contribution in [-0.2, 0) is 12.6 Å². The van der Waals surface area contributed by atoms with E-state index in [1.807, 2.05) is 18.2 Å². The Kier molecular flexibility index (Phi) is 3.80. The van der Waals surface area contributed by atoms with Gasteiger partial charge in [-0.15, -0.1) is 0 Å². The second kappa shape index (κ2) is 5.50. The van der Waals surface area contributed by atoms with Gasteiger partial charge in [-0.05, 0) is 47.5 Å². The van der Waals surface area contributed by atoms with E-state index in [1.54, 1.807) is 7.11 Å². The van der Waals surface area contributed by atoms with Gasteiger partial charge in [0, 0.05) is 10.9 Å². The summed E-state index contributed by atoms with van der Waals surface area (Å²) in [5.74, 6) is 1.16. The molecule has 0 saturated heterocycles. The molecule has 6 heteroatoms. The summed E-state index contributed by atoms with van der Waals surface area (Å²) in [6, 6.07) is 9.10. The first-order valence-electron chi connectivity index (χ1n) is 6.58. The fraction of sp³-hybridized carbons (Fsp3) is 0.250. The van der Waals surface area contributed by atoms with Crippen molar-refractivity contribution in [2.45, 2.75) is 18.7 Å². The van der Waals surface area contributed by atoms with Crippen molar-refractivity contribution in [2.75, 3.05) is 7.11 Å². The number of benzene rings is 2. The van der Waals surface area contributed by atoms with Crippen LogP contribution in [0.4, 0.5) is 13.2 Å². The van der Waals surface area contributed by atoms with E-state index in [2.05, 4.69) is 15.9 Å². The first-order chi connectivity index (χ1) is 10.4. The van der Waals surface area contributed by atoms with Gasteiger partial charge in [0.25, 0.3) is 0 Å². The average molecular weight is 373 g/mol. The highest BCUT2D eigenvalue weighted by Gasteiger charge is 2.33. The van der Waals surface area contributed by atoms with Gasteiger partial charge in [0.2, 0.25) is 0 Å². The number of methoxy groups -OCH3 is 1. The minimum atomic E-state index is -4.34. The zero-order chi connectivity index (χ0) is 15.9. The molecule has 0 radical (unpaired) electrons. The molecular weight excluding hydrogens is 361 g/mol. The third-order valence-electron chi connectivity index (χ3n) is 3.56. The normalized spacial score (nSPS) is 17.0. The van der Waals surface area contributed by atoms with Gasteiger partial charge in [-0.1, -0.05) is 15.9 Å². The minimum Gasteiger partial charge on any atom is -0.497 e. The number of fused-ring (bicyclic) bond motifs is 1. The molecule has 1 unspecified atom stereocenters. The summed E-state index contributed by atoms with van der Waals surface area (Å²) in [6.07, 6.45) is -4.25. The van der Waals surface area contributed by atoms with E-state index in [1.165, 1.54) is 6.07 Å². The zero-order valence-electron chi connectivity index (χ0n) is 11.6. The SMILES string of the molecule is COc1cc(Br)cc(C2Cc3cc(C(F)(F)F)ccc3O2)c1. The Bertz CT molecular complexity index is 713. The van der Waals surface area contributed by atoms with Gasteiger partial charge in [0.1, 0.15) is 17.6 Å². The van der Waals surface area contributed by atoms with Gasteiger partial charge in [0.05, 0.1) is 12.7 Å². The summed E-state index contributed by atoms with van der Waals surface area (Å²) in [4.78, 5) is 0. The van der Waals surface area contributed by atoms with Gasteiger partial charge >= 0.3 is 6.18 Å². The van der Waals surface area contributed by atoms with Crippen LogP contribution in [0.15, 0.2) is 40.9 Å². The van der Waals surface area contributed by atoms with Crippen molar-refractivity contribution in [2.24, 2.45) is 0 Å². The molecule has 0 spiro atoms. The summed E-state index contributed by atoms with van der Waals surface area (Å²) in [5, 5.41) is 0. The molecule has 0 amide bonds. The van der Waals surface area contributed by atoms with Crippen molar-refractivity contribution < 1.29 is 22.6 Å². The van der Waals surface area contributed by atoms with Crippen LogP contribution in [0.2, 0.25) is 0 Å². The summed E-state index contributed by atoms with van der Waals surface area (Å²) >= 11 is 3.39. The van der Waals surface area contributed by atoms with Gasteiger partial charge < -0.3 is 9.47 Å². The lowest BCUT2D eigenvalue weighted by molar-refractivity contribution is -0.137. The lowest BCUT2D eigenvalue weighted by atomic mass is 10.0. The Morgan fingerprint density at radius 2 is 1.95 bits per heavy atom. The minimum absolute atomic E-state index is 0.315. The lowest BCUT2D eigenvalue weighted by Crippen LogP contribution is -2.04. The van der Waals surface area contributed by atoms with Crippen LogP contribution >= 0.6 is 15.9 Å². The Morgan fingerprint density at radius 3 is 2.64 bits per heavy atom. The van der Waals surface area contributed by atoms with Gasteiger partial charge in [0.15, 0.2) is 0 Å². The van der Waals surface area contributed by atoms with Crippen LogP contribution in [0, 0.1) is 0 Å². The van der Waals surface area contributed by atoms with Gasteiger partial charge in [-0.2, -0.15) is 13.2 Å². The Labute approximate surface area is 134 Å². The second-order valence-electron chi connectivity index (χ2n) is 5.06. The number of hydrogen-bond donors (Lipinski definition) is 0. The molecule has 0 aromatic heterocycles. The molecule has 2 nitrogen and oxygen atoms in total. The van der Waals surface area contributed by atoms with E-state index in [-0.39, 0.29) is 6.10 Å². The topological polar surface area (TPSA) is 18.5 Å². The third-order valence-corrected chi connectivity index (χ3v) is 4.02. The zero-order valence-corrected chi connectivity index (χ0v) is 13.2. The predicted octanol–water partition coefficient (Wildman–Crippen LogP) is 5.15. The molecule has 0 fully saturated rings. The van der Waals surface area contributed by atoms with Crippen LogP contribution in [0.3, 0.4) is 0 Å². The molecule has 0 saturated carbocycles. The molecule has 0 bridgehead atoms. The lowest BCUT2D eigenvalue weighted by Gasteiger charge is -2.13. The predicted molar refractivity (Wildman–Crippen MR) is 79.2 cm³/mol. The summed E-state index contributed by atoms with van der Waals surface area (Å²) < 4.78 is 50.1. The number of halogens is 4. The van der Waals surface area contributed by atoms with Crippen molar-refractivity contribution in [1.82, 2.24) is 0 Å². The van der Waals surface area contributed by atoms with Crippen molar-refractivity contribution in [3.63, 3.8) is 0 Å². The largest absolute Gasteiger partial charge is 0.497 e. The van der Waals surface area contributed by atoms with E-state index < -0.39 is 11.7 Å². The highest BCUT2D eigenvalue weighted by atomic mass is 79.9. The Balaban J connectivity index is 1.90. The fourth-order valence-electron chi connectivity index (χ4n) is 2.50. The molecule has 1 aliphatic rings. The maximum absolute atomic E-state index is 12.8. The van der Waals surface area contributed by atoms with Crippen LogP contribution < -0.4 is 9.47 Å². The smallest absolute Gasteiger partial charge is 0.416 e. The van der Waals surface area contributed by atoms with E-state index >= 15 is 0 Å². The monoisotopic (exact) mass is 372 g/mol. The van der Waals surface area contributed by atoms with Crippen LogP contribution in [0.1, 0.15) is 22.8 Å². The van der Waals surface area contributed by atoms with Crippen molar-refractivity contribution >= 4 is 15.9 Å². The molecule has 0 N–H and O–H groups in total. The van der Waals surface area contributed by atoms with Crippen LogP contribution in [-0.4, -0.2) is 7.11 Å². The molecule has 1 atom stereocenters.